The second-order valence-electron chi connectivity index (χ2n) is 3.99. The van der Waals surface area contributed by atoms with Gasteiger partial charge in [0.1, 0.15) is 5.82 Å². The second kappa shape index (κ2) is 6.15. The van der Waals surface area contributed by atoms with Crippen LogP contribution in [0.4, 0.5) is 15.8 Å². The maximum Gasteiger partial charge on any atom is 0.274 e. The normalized spacial score (nSPS) is 10.6. The molecule has 0 aliphatic carbocycles. The van der Waals surface area contributed by atoms with Gasteiger partial charge in [0.2, 0.25) is 0 Å². The lowest BCUT2D eigenvalue weighted by atomic mass is 10.2. The van der Waals surface area contributed by atoms with Gasteiger partial charge in [0, 0.05) is 30.9 Å². The summed E-state index contributed by atoms with van der Waals surface area (Å²) in [6.07, 6.45) is 0. The number of non-ortho nitro benzene ring substituents is 1. The molecule has 1 aromatic rings. The zero-order valence-corrected chi connectivity index (χ0v) is 9.87. The predicted molar refractivity (Wildman–Crippen MR) is 64.7 cm³/mol. The van der Waals surface area contributed by atoms with Crippen molar-refractivity contribution < 1.29 is 9.31 Å². The minimum atomic E-state index is -0.612. The number of nitrogens with one attached hydrogen (secondary N) is 2. The first-order valence-corrected chi connectivity index (χ1v) is 5.41. The fraction of sp³-hybridized carbons (Fsp3) is 0.455. The van der Waals surface area contributed by atoms with Crippen LogP contribution in [0.1, 0.15) is 13.8 Å². The summed E-state index contributed by atoms with van der Waals surface area (Å²) in [6, 6.07) is 3.83. The van der Waals surface area contributed by atoms with Gasteiger partial charge >= 0.3 is 0 Å². The third kappa shape index (κ3) is 4.78. The van der Waals surface area contributed by atoms with E-state index in [1.807, 2.05) is 13.8 Å². The summed E-state index contributed by atoms with van der Waals surface area (Å²) in [5.74, 6) is -0.612. The van der Waals surface area contributed by atoms with Crippen molar-refractivity contribution in [3.63, 3.8) is 0 Å². The maximum absolute atomic E-state index is 13.1. The molecule has 94 valence electrons. The molecule has 0 saturated heterocycles. The first-order valence-electron chi connectivity index (χ1n) is 5.41. The van der Waals surface area contributed by atoms with Crippen molar-refractivity contribution in [3.05, 3.63) is 34.1 Å². The molecule has 0 heterocycles. The van der Waals surface area contributed by atoms with E-state index in [0.29, 0.717) is 24.8 Å². The van der Waals surface area contributed by atoms with Crippen LogP contribution in [0.2, 0.25) is 0 Å². The molecule has 0 atom stereocenters. The Morgan fingerprint density at radius 2 is 2.06 bits per heavy atom. The van der Waals surface area contributed by atoms with Crippen LogP contribution in [0.25, 0.3) is 0 Å². The standard InChI is InChI=1S/C11H16FN3O2/c1-8(2)13-3-4-14-10-5-9(12)6-11(7-10)15(16)17/h5-8,13-14H,3-4H2,1-2H3. The highest BCUT2D eigenvalue weighted by Crippen LogP contribution is 2.19. The van der Waals surface area contributed by atoms with Crippen molar-refractivity contribution in [2.45, 2.75) is 19.9 Å². The van der Waals surface area contributed by atoms with Gasteiger partial charge in [-0.3, -0.25) is 10.1 Å². The van der Waals surface area contributed by atoms with Crippen molar-refractivity contribution in [1.29, 1.82) is 0 Å². The number of anilines is 1. The van der Waals surface area contributed by atoms with Gasteiger partial charge in [-0.15, -0.1) is 0 Å². The highest BCUT2D eigenvalue weighted by molar-refractivity contribution is 5.51. The van der Waals surface area contributed by atoms with E-state index in [1.165, 1.54) is 12.1 Å². The van der Waals surface area contributed by atoms with Gasteiger partial charge < -0.3 is 10.6 Å². The van der Waals surface area contributed by atoms with Crippen molar-refractivity contribution in [3.8, 4) is 0 Å². The molecule has 0 saturated carbocycles. The van der Waals surface area contributed by atoms with E-state index in [4.69, 9.17) is 0 Å². The van der Waals surface area contributed by atoms with Crippen molar-refractivity contribution in [2.24, 2.45) is 0 Å². The van der Waals surface area contributed by atoms with E-state index in [0.717, 1.165) is 6.07 Å². The first-order chi connectivity index (χ1) is 7.99. The Morgan fingerprint density at radius 3 is 2.65 bits per heavy atom. The van der Waals surface area contributed by atoms with Crippen molar-refractivity contribution >= 4 is 11.4 Å². The van der Waals surface area contributed by atoms with Crippen LogP contribution in [0.5, 0.6) is 0 Å². The summed E-state index contributed by atoms with van der Waals surface area (Å²) in [5, 5.41) is 16.6. The SMILES string of the molecule is CC(C)NCCNc1cc(F)cc([N+](=O)[O-])c1. The number of hydrogen-bond donors (Lipinski definition) is 2. The summed E-state index contributed by atoms with van der Waals surface area (Å²) in [5.41, 5.74) is 0.173. The first kappa shape index (κ1) is 13.4. The highest BCUT2D eigenvalue weighted by atomic mass is 19.1. The monoisotopic (exact) mass is 241 g/mol. The van der Waals surface area contributed by atoms with Crippen molar-refractivity contribution in [1.82, 2.24) is 5.32 Å². The lowest BCUT2D eigenvalue weighted by Crippen LogP contribution is -2.28. The zero-order valence-electron chi connectivity index (χ0n) is 9.87. The van der Waals surface area contributed by atoms with Crippen LogP contribution < -0.4 is 10.6 Å². The molecule has 0 aliphatic heterocycles. The molecule has 0 radical (unpaired) electrons. The van der Waals surface area contributed by atoms with Crippen LogP contribution in [0.3, 0.4) is 0 Å². The largest absolute Gasteiger partial charge is 0.383 e. The van der Waals surface area contributed by atoms with Crippen LogP contribution in [0, 0.1) is 15.9 Å². The molecule has 17 heavy (non-hydrogen) atoms. The molecular weight excluding hydrogens is 225 g/mol. The second-order valence-corrected chi connectivity index (χ2v) is 3.99. The fourth-order valence-electron chi connectivity index (χ4n) is 1.35. The molecule has 1 rings (SSSR count). The number of nitrogens with zero attached hydrogens (tertiary/aromatic N) is 1. The fourth-order valence-corrected chi connectivity index (χ4v) is 1.35. The average molecular weight is 241 g/mol. The van der Waals surface area contributed by atoms with E-state index >= 15 is 0 Å². The molecule has 0 aromatic heterocycles. The molecule has 0 bridgehead atoms. The summed E-state index contributed by atoms with van der Waals surface area (Å²) in [4.78, 5) is 9.91. The Bertz CT molecular complexity index is 396. The topological polar surface area (TPSA) is 67.2 Å². The Morgan fingerprint density at radius 1 is 1.35 bits per heavy atom. The van der Waals surface area contributed by atoms with Gasteiger partial charge in [-0.25, -0.2) is 4.39 Å². The quantitative estimate of drug-likeness (QED) is 0.455. The number of benzene rings is 1. The minimum absolute atomic E-state index is 0.246. The lowest BCUT2D eigenvalue weighted by Gasteiger charge is -2.09. The molecule has 0 fully saturated rings. The van der Waals surface area contributed by atoms with Crippen LogP contribution in [-0.4, -0.2) is 24.1 Å². The molecule has 0 aliphatic rings. The molecule has 0 unspecified atom stereocenters. The minimum Gasteiger partial charge on any atom is -0.383 e. The Hall–Kier alpha value is -1.69. The molecular formula is C11H16FN3O2. The molecule has 2 N–H and O–H groups in total. The van der Waals surface area contributed by atoms with Crippen LogP contribution in [0.15, 0.2) is 18.2 Å². The van der Waals surface area contributed by atoms with E-state index in [9.17, 15) is 14.5 Å². The molecule has 0 spiro atoms. The van der Waals surface area contributed by atoms with Gasteiger partial charge in [0.05, 0.1) is 11.0 Å². The predicted octanol–water partition coefficient (Wildman–Crippen LogP) is 2.14. The lowest BCUT2D eigenvalue weighted by molar-refractivity contribution is -0.385. The van der Waals surface area contributed by atoms with Gasteiger partial charge in [-0.1, -0.05) is 13.8 Å². The molecule has 5 nitrogen and oxygen atoms in total. The van der Waals surface area contributed by atoms with E-state index in [-0.39, 0.29) is 5.69 Å². The summed E-state index contributed by atoms with van der Waals surface area (Å²) < 4.78 is 13.1. The van der Waals surface area contributed by atoms with Crippen LogP contribution in [-0.2, 0) is 0 Å². The third-order valence-corrected chi connectivity index (χ3v) is 2.10. The van der Waals surface area contributed by atoms with E-state index in [1.54, 1.807) is 0 Å². The smallest absolute Gasteiger partial charge is 0.274 e. The van der Waals surface area contributed by atoms with E-state index in [2.05, 4.69) is 10.6 Å². The highest BCUT2D eigenvalue weighted by Gasteiger charge is 2.09. The van der Waals surface area contributed by atoms with Gasteiger partial charge in [-0.2, -0.15) is 0 Å². The summed E-state index contributed by atoms with van der Waals surface area (Å²) >= 11 is 0. The number of hydrogen-bond acceptors (Lipinski definition) is 4. The molecule has 0 amide bonds. The summed E-state index contributed by atoms with van der Waals surface area (Å²) in [6.45, 7) is 5.33. The van der Waals surface area contributed by atoms with Crippen LogP contribution >= 0.6 is 0 Å². The molecule has 6 heteroatoms. The number of halogens is 1. The zero-order chi connectivity index (χ0) is 12.8. The Balaban J connectivity index is 2.56. The number of nitro groups is 1. The van der Waals surface area contributed by atoms with Gasteiger partial charge in [0.25, 0.3) is 5.69 Å². The average Bonchev–Trinajstić information content (AvgIpc) is 2.23. The number of nitro benzene ring substituents is 1. The third-order valence-electron chi connectivity index (χ3n) is 2.10. The van der Waals surface area contributed by atoms with E-state index < -0.39 is 10.7 Å². The summed E-state index contributed by atoms with van der Waals surface area (Å²) in [7, 11) is 0. The Labute approximate surface area is 99.2 Å². The maximum atomic E-state index is 13.1. The van der Waals surface area contributed by atoms with Gasteiger partial charge in [0.15, 0.2) is 0 Å². The van der Waals surface area contributed by atoms with Gasteiger partial charge in [-0.05, 0) is 6.07 Å². The Kier molecular flexibility index (Phi) is 4.84. The van der Waals surface area contributed by atoms with Crippen molar-refractivity contribution in [2.75, 3.05) is 18.4 Å². The number of rotatable bonds is 6. The molecule has 1 aromatic carbocycles.